The Hall–Kier alpha value is -2.97. The first-order valence-corrected chi connectivity index (χ1v) is 16.9. The quantitative estimate of drug-likeness (QED) is 0.0742. The third-order valence-electron chi connectivity index (χ3n) is 9.17. The molecule has 22 nitrogen and oxygen atoms in total. The van der Waals surface area contributed by atoms with E-state index < -0.39 is 123 Å². The predicted molar refractivity (Wildman–Crippen MR) is 169 cm³/mol. The number of ether oxygens (including phenoxy) is 5. The number of carbonyl (C=O) groups is 3. The van der Waals surface area contributed by atoms with Crippen LogP contribution in [0.2, 0.25) is 0 Å². The molecule has 3 saturated heterocycles. The van der Waals surface area contributed by atoms with E-state index in [-0.39, 0.29) is 19.4 Å². The van der Waals surface area contributed by atoms with Gasteiger partial charge in [0.25, 0.3) is 5.91 Å². The molecule has 0 radical (unpaired) electrons. The number of aliphatic hydroxyl groups is 8. The number of aliphatic hydroxyl groups excluding tert-OH is 8. The van der Waals surface area contributed by atoms with Gasteiger partial charge in [-0.1, -0.05) is 5.21 Å². The predicted octanol–water partition coefficient (Wildman–Crippen LogP) is -6.87. The number of methoxy groups -OCH3 is 1. The van der Waals surface area contributed by atoms with Gasteiger partial charge in [-0.25, -0.2) is 0 Å². The highest BCUT2D eigenvalue weighted by atomic mass is 16.7. The minimum absolute atomic E-state index is 0.0973. The first-order chi connectivity index (χ1) is 24.7. The van der Waals surface area contributed by atoms with Gasteiger partial charge in [-0.05, 0) is 13.3 Å². The summed E-state index contributed by atoms with van der Waals surface area (Å²) in [5.41, 5.74) is 0.452. The molecule has 3 aliphatic heterocycles. The summed E-state index contributed by atoms with van der Waals surface area (Å²) in [5.74, 6) is -1.74. The molecule has 22 heteroatoms. The van der Waals surface area contributed by atoms with Gasteiger partial charge >= 0.3 is 0 Å². The zero-order chi connectivity index (χ0) is 38.3. The van der Waals surface area contributed by atoms with Crippen LogP contribution in [0.3, 0.4) is 0 Å². The smallest absolute Gasteiger partial charge is 0.252 e. The molecular formula is C30H50N6O16. The Morgan fingerprint density at radius 1 is 0.885 bits per heavy atom. The van der Waals surface area contributed by atoms with E-state index in [1.807, 2.05) is 0 Å². The summed E-state index contributed by atoms with van der Waals surface area (Å²) in [6, 6.07) is -2.26. The maximum Gasteiger partial charge on any atom is 0.252 e. The molecular weight excluding hydrogens is 700 g/mol. The normalized spacial score (nSPS) is 38.0. The van der Waals surface area contributed by atoms with E-state index in [9.17, 15) is 55.2 Å². The van der Waals surface area contributed by atoms with Gasteiger partial charge in [-0.3, -0.25) is 19.1 Å². The molecule has 1 aromatic heterocycles. The first-order valence-electron chi connectivity index (χ1n) is 16.9. The van der Waals surface area contributed by atoms with Crippen LogP contribution in [0, 0.1) is 0 Å². The molecule has 0 aliphatic carbocycles. The average Bonchev–Trinajstić information content (AvgIpc) is 3.57. The lowest BCUT2D eigenvalue weighted by Gasteiger charge is -2.47. The molecule has 296 valence electrons. The fourth-order valence-electron chi connectivity index (χ4n) is 6.33. The zero-order valence-corrected chi connectivity index (χ0v) is 28.9. The molecule has 11 N–H and O–H groups in total. The third-order valence-corrected chi connectivity index (χ3v) is 9.17. The maximum atomic E-state index is 13.2. The summed E-state index contributed by atoms with van der Waals surface area (Å²) >= 11 is 0. The first kappa shape index (κ1) is 41.8. The molecule has 3 fully saturated rings. The number of aryl methyl sites for hydroxylation is 2. The van der Waals surface area contributed by atoms with Crippen molar-refractivity contribution in [3.05, 3.63) is 11.9 Å². The monoisotopic (exact) mass is 750 g/mol. The average molecular weight is 751 g/mol. The molecule has 6 unspecified atom stereocenters. The summed E-state index contributed by atoms with van der Waals surface area (Å²) in [6.07, 6.45) is -16.4. The SMILES string of the molecule is CO[C@@H]1C(C(=O)NCCCn2cc(CCC(=O)N[C@H]3C(O)O[C@H](CO)[C@@H](O)[C@@H]3O)nn2)O[C@@H](O[C@H]2C(O)C(CO)O[C@@H](C)C2NC(C)=O)C(O)[C@H]1O. The number of nitrogens with one attached hydrogen (secondary N) is 3. The van der Waals surface area contributed by atoms with Crippen LogP contribution in [-0.2, 0) is 51.0 Å². The highest BCUT2D eigenvalue weighted by Crippen LogP contribution is 2.30. The Morgan fingerprint density at radius 2 is 1.58 bits per heavy atom. The van der Waals surface area contributed by atoms with Gasteiger partial charge in [0.2, 0.25) is 11.8 Å². The van der Waals surface area contributed by atoms with Crippen molar-refractivity contribution >= 4 is 17.7 Å². The Labute approximate surface area is 297 Å². The third kappa shape index (κ3) is 9.96. The maximum absolute atomic E-state index is 13.2. The van der Waals surface area contributed by atoms with Crippen molar-refractivity contribution in [3.8, 4) is 0 Å². The largest absolute Gasteiger partial charge is 0.394 e. The van der Waals surface area contributed by atoms with Crippen molar-refractivity contribution in [2.45, 2.75) is 131 Å². The van der Waals surface area contributed by atoms with Crippen LogP contribution in [0.4, 0.5) is 0 Å². The molecule has 0 bridgehead atoms. The molecule has 0 saturated carbocycles. The van der Waals surface area contributed by atoms with E-state index in [0.717, 1.165) is 0 Å². The minimum Gasteiger partial charge on any atom is -0.394 e. The number of carbonyl (C=O) groups excluding carboxylic acids is 3. The van der Waals surface area contributed by atoms with E-state index >= 15 is 0 Å². The van der Waals surface area contributed by atoms with Crippen LogP contribution in [0.5, 0.6) is 0 Å². The lowest BCUT2D eigenvalue weighted by molar-refractivity contribution is -0.325. The molecule has 52 heavy (non-hydrogen) atoms. The molecule has 1 aromatic rings. The van der Waals surface area contributed by atoms with Gasteiger partial charge in [0, 0.05) is 46.2 Å². The fourth-order valence-corrected chi connectivity index (χ4v) is 6.33. The molecule has 3 aliphatic rings. The summed E-state index contributed by atoms with van der Waals surface area (Å²) < 4.78 is 29.0. The van der Waals surface area contributed by atoms with Crippen LogP contribution in [0.1, 0.15) is 32.4 Å². The van der Waals surface area contributed by atoms with E-state index in [1.165, 1.54) is 18.7 Å². The van der Waals surface area contributed by atoms with Crippen LogP contribution in [0.25, 0.3) is 0 Å². The summed E-state index contributed by atoms with van der Waals surface area (Å²) in [4.78, 5) is 37.5. The van der Waals surface area contributed by atoms with Crippen molar-refractivity contribution in [3.63, 3.8) is 0 Å². The number of rotatable bonds is 15. The van der Waals surface area contributed by atoms with Crippen molar-refractivity contribution < 1.29 is 78.9 Å². The lowest BCUT2D eigenvalue weighted by atomic mass is 9.92. The standard InChI is InChI=1S/C30H50N6O16/c1-12-18(32-13(2)39)25(21(42)16(11-38)49-12)51-30-24(45)23(44)26(48-3)27(52-30)28(46)31-7-4-8-36-9-14(34-35-36)5-6-17(40)33-19-22(43)20(41)15(10-37)50-29(19)47/h9,12,15-16,18-27,29-30,37-38,41-45,47H,4-8,10-11H2,1-3H3,(H,31,46)(H,32,39)(H,33,40)/t12-,15+,16?,18?,19+,20+,21?,22+,23+,24?,25+,26-,27?,29?,30+/m0/s1. The Morgan fingerprint density at radius 3 is 2.23 bits per heavy atom. The van der Waals surface area contributed by atoms with E-state index in [1.54, 1.807) is 13.1 Å². The number of aromatic nitrogens is 3. The lowest BCUT2D eigenvalue weighted by Crippen LogP contribution is -2.68. The number of hydrogen-bond donors (Lipinski definition) is 11. The number of nitrogens with zero attached hydrogens (tertiary/aromatic N) is 3. The van der Waals surface area contributed by atoms with Crippen molar-refractivity contribution in [1.82, 2.24) is 30.9 Å². The van der Waals surface area contributed by atoms with Gasteiger partial charge in [0.15, 0.2) is 18.7 Å². The van der Waals surface area contributed by atoms with Crippen LogP contribution in [-0.4, -0.2) is 192 Å². The highest BCUT2D eigenvalue weighted by Gasteiger charge is 2.52. The van der Waals surface area contributed by atoms with E-state index in [0.29, 0.717) is 18.7 Å². The van der Waals surface area contributed by atoms with Crippen molar-refractivity contribution in [1.29, 1.82) is 0 Å². The second-order valence-electron chi connectivity index (χ2n) is 12.9. The van der Waals surface area contributed by atoms with Gasteiger partial charge in [-0.15, -0.1) is 5.10 Å². The summed E-state index contributed by atoms with van der Waals surface area (Å²) in [5, 5.41) is 97.3. The second-order valence-corrected chi connectivity index (χ2v) is 12.9. The zero-order valence-electron chi connectivity index (χ0n) is 28.9. The Bertz CT molecular complexity index is 1330. The number of hydrogen-bond acceptors (Lipinski definition) is 18. The highest BCUT2D eigenvalue weighted by molar-refractivity contribution is 5.81. The van der Waals surface area contributed by atoms with Crippen molar-refractivity contribution in [2.75, 3.05) is 26.9 Å². The van der Waals surface area contributed by atoms with Gasteiger partial charge in [0.05, 0.1) is 31.1 Å². The Balaban J connectivity index is 1.26. The second kappa shape index (κ2) is 18.9. The topological polar surface area (TPSA) is 326 Å². The summed E-state index contributed by atoms with van der Waals surface area (Å²) in [6.45, 7) is 2.02. The van der Waals surface area contributed by atoms with Crippen molar-refractivity contribution in [2.24, 2.45) is 0 Å². The minimum atomic E-state index is -1.73. The molecule has 3 amide bonds. The molecule has 0 aromatic carbocycles. The number of amides is 3. The molecule has 0 spiro atoms. The molecule has 4 rings (SSSR count). The molecule has 4 heterocycles. The Kier molecular flexibility index (Phi) is 15.2. The van der Waals surface area contributed by atoms with Gasteiger partial charge in [0.1, 0.15) is 61.0 Å². The van der Waals surface area contributed by atoms with E-state index in [2.05, 4.69) is 26.3 Å². The van der Waals surface area contributed by atoms with Crippen LogP contribution >= 0.6 is 0 Å². The summed E-state index contributed by atoms with van der Waals surface area (Å²) in [7, 11) is 1.22. The van der Waals surface area contributed by atoms with Crippen LogP contribution < -0.4 is 16.0 Å². The fraction of sp³-hybridized carbons (Fsp3) is 0.833. The van der Waals surface area contributed by atoms with Crippen LogP contribution in [0.15, 0.2) is 6.20 Å². The molecule has 15 atom stereocenters. The van der Waals surface area contributed by atoms with Gasteiger partial charge < -0.3 is 80.5 Å². The van der Waals surface area contributed by atoms with Gasteiger partial charge in [-0.2, -0.15) is 0 Å². The van der Waals surface area contributed by atoms with E-state index in [4.69, 9.17) is 23.7 Å².